The van der Waals surface area contributed by atoms with Crippen LogP contribution in [0.5, 0.6) is 0 Å². The number of rotatable bonds is 4. The monoisotopic (exact) mass is 304 g/mol. The Morgan fingerprint density at radius 3 is 2.52 bits per heavy atom. The number of aromatic carboxylic acids is 1. The molecule has 5 nitrogen and oxygen atoms in total. The quantitative estimate of drug-likeness (QED) is 0.944. The average molecular weight is 304 g/mol. The number of thiophene rings is 1. The van der Waals surface area contributed by atoms with Gasteiger partial charge in [0.2, 0.25) is 0 Å². The Bertz CT molecular complexity index is 640. The van der Waals surface area contributed by atoms with Gasteiger partial charge in [-0.3, -0.25) is 4.90 Å². The van der Waals surface area contributed by atoms with Gasteiger partial charge in [0.1, 0.15) is 0 Å². The summed E-state index contributed by atoms with van der Waals surface area (Å²) in [6.45, 7) is 0.488. The van der Waals surface area contributed by atoms with Crippen LogP contribution >= 0.6 is 11.3 Å². The van der Waals surface area contributed by atoms with E-state index < -0.39 is 5.97 Å². The number of hydrogen-bond donors (Lipinski definition) is 1. The van der Waals surface area contributed by atoms with Crippen molar-refractivity contribution in [3.05, 3.63) is 52.2 Å². The van der Waals surface area contributed by atoms with E-state index in [1.165, 1.54) is 11.0 Å². The van der Waals surface area contributed by atoms with E-state index in [1.54, 1.807) is 48.5 Å². The van der Waals surface area contributed by atoms with E-state index in [4.69, 9.17) is 0 Å². The molecule has 0 atom stereocenters. The molecule has 6 heteroatoms. The zero-order chi connectivity index (χ0) is 15.4. The third kappa shape index (κ3) is 3.41. The van der Waals surface area contributed by atoms with E-state index in [2.05, 4.69) is 0 Å². The number of nitrogens with zero attached hydrogens (tertiary/aromatic N) is 2. The summed E-state index contributed by atoms with van der Waals surface area (Å²) in [5.74, 6) is -1.05. The average Bonchev–Trinajstić information content (AvgIpc) is 2.98. The Morgan fingerprint density at radius 2 is 1.90 bits per heavy atom. The van der Waals surface area contributed by atoms with Gasteiger partial charge in [0, 0.05) is 20.6 Å². The molecule has 0 fully saturated rings. The van der Waals surface area contributed by atoms with Crippen molar-refractivity contribution >= 4 is 29.0 Å². The normalized spacial score (nSPS) is 10.2. The Morgan fingerprint density at radius 1 is 1.19 bits per heavy atom. The molecule has 1 N–H and O–H groups in total. The van der Waals surface area contributed by atoms with Crippen LogP contribution in [0.2, 0.25) is 0 Å². The molecule has 2 amide bonds. The van der Waals surface area contributed by atoms with Crippen molar-refractivity contribution in [2.75, 3.05) is 19.0 Å². The van der Waals surface area contributed by atoms with Crippen LogP contribution < -0.4 is 4.90 Å². The van der Waals surface area contributed by atoms with Crippen LogP contribution in [0.3, 0.4) is 0 Å². The summed E-state index contributed by atoms with van der Waals surface area (Å²) >= 11 is 1.58. The van der Waals surface area contributed by atoms with Gasteiger partial charge < -0.3 is 10.0 Å². The largest absolute Gasteiger partial charge is 0.478 e. The molecule has 1 heterocycles. The highest BCUT2D eigenvalue weighted by Gasteiger charge is 2.20. The third-order valence-electron chi connectivity index (χ3n) is 3.11. The number of hydrogen-bond acceptors (Lipinski definition) is 3. The van der Waals surface area contributed by atoms with Crippen molar-refractivity contribution in [2.45, 2.75) is 6.54 Å². The van der Waals surface area contributed by atoms with Gasteiger partial charge in [-0.15, -0.1) is 0 Å². The number of carbonyl (C=O) groups is 2. The summed E-state index contributed by atoms with van der Waals surface area (Å²) in [5, 5.41) is 13.1. The SMILES string of the molecule is CN(Cc1ccsc1)C(=O)N(C)c1ccccc1C(=O)O. The van der Waals surface area contributed by atoms with Gasteiger partial charge in [-0.25, -0.2) is 9.59 Å². The van der Waals surface area contributed by atoms with Gasteiger partial charge in [-0.2, -0.15) is 11.3 Å². The molecule has 21 heavy (non-hydrogen) atoms. The molecule has 2 aromatic rings. The Labute approximate surface area is 127 Å². The lowest BCUT2D eigenvalue weighted by atomic mass is 10.1. The summed E-state index contributed by atoms with van der Waals surface area (Å²) in [4.78, 5) is 26.5. The number of benzene rings is 1. The van der Waals surface area contributed by atoms with Crippen LogP contribution in [0.25, 0.3) is 0 Å². The van der Waals surface area contributed by atoms with Gasteiger partial charge >= 0.3 is 12.0 Å². The number of carboxylic acids is 1. The lowest BCUT2D eigenvalue weighted by molar-refractivity contribution is 0.0697. The van der Waals surface area contributed by atoms with E-state index >= 15 is 0 Å². The summed E-state index contributed by atoms with van der Waals surface area (Å²) < 4.78 is 0. The maximum absolute atomic E-state index is 12.4. The van der Waals surface area contributed by atoms with Crippen LogP contribution in [0, 0.1) is 0 Å². The lowest BCUT2D eigenvalue weighted by Gasteiger charge is -2.25. The van der Waals surface area contributed by atoms with Crippen LogP contribution in [0.4, 0.5) is 10.5 Å². The first-order valence-electron chi connectivity index (χ1n) is 6.33. The van der Waals surface area contributed by atoms with Crippen molar-refractivity contribution in [1.82, 2.24) is 4.90 Å². The van der Waals surface area contributed by atoms with Gasteiger partial charge in [0.15, 0.2) is 0 Å². The van der Waals surface area contributed by atoms with E-state index in [0.29, 0.717) is 12.2 Å². The van der Waals surface area contributed by atoms with Gasteiger partial charge in [0.25, 0.3) is 0 Å². The molecule has 0 bridgehead atoms. The molecule has 0 aliphatic rings. The maximum Gasteiger partial charge on any atom is 0.337 e. The van der Waals surface area contributed by atoms with Crippen molar-refractivity contribution < 1.29 is 14.7 Å². The summed E-state index contributed by atoms with van der Waals surface area (Å²) in [7, 11) is 3.27. The van der Waals surface area contributed by atoms with Crippen LogP contribution in [0.1, 0.15) is 15.9 Å². The van der Waals surface area contributed by atoms with Gasteiger partial charge in [-0.1, -0.05) is 12.1 Å². The van der Waals surface area contributed by atoms with Crippen molar-refractivity contribution in [3.8, 4) is 0 Å². The highest BCUT2D eigenvalue weighted by molar-refractivity contribution is 7.07. The van der Waals surface area contributed by atoms with Crippen molar-refractivity contribution in [3.63, 3.8) is 0 Å². The number of anilines is 1. The fraction of sp³-hybridized carbons (Fsp3) is 0.200. The first-order valence-corrected chi connectivity index (χ1v) is 7.27. The van der Waals surface area contributed by atoms with E-state index in [0.717, 1.165) is 5.56 Å². The first kappa shape index (κ1) is 15.1. The number of amides is 2. The Balaban J connectivity index is 2.17. The van der Waals surface area contributed by atoms with Crippen molar-refractivity contribution in [1.29, 1.82) is 0 Å². The fourth-order valence-corrected chi connectivity index (χ4v) is 2.69. The highest BCUT2D eigenvalue weighted by atomic mass is 32.1. The van der Waals surface area contributed by atoms with E-state index in [1.807, 2.05) is 16.8 Å². The number of para-hydroxylation sites is 1. The minimum Gasteiger partial charge on any atom is -0.478 e. The van der Waals surface area contributed by atoms with Crippen LogP contribution in [0.15, 0.2) is 41.1 Å². The number of carboxylic acid groups (broad SMARTS) is 1. The minimum absolute atomic E-state index is 0.109. The van der Waals surface area contributed by atoms with Crippen molar-refractivity contribution in [2.24, 2.45) is 0 Å². The standard InChI is InChI=1S/C15H16N2O3S/c1-16(9-11-7-8-21-10-11)15(20)17(2)13-6-4-3-5-12(13)14(18)19/h3-8,10H,9H2,1-2H3,(H,18,19). The smallest absolute Gasteiger partial charge is 0.337 e. The lowest BCUT2D eigenvalue weighted by Crippen LogP contribution is -2.39. The topological polar surface area (TPSA) is 60.9 Å². The molecule has 0 aliphatic heterocycles. The molecule has 0 aliphatic carbocycles. The molecule has 0 radical (unpaired) electrons. The molecule has 0 saturated carbocycles. The maximum atomic E-state index is 12.4. The Hall–Kier alpha value is -2.34. The second kappa shape index (κ2) is 6.41. The molecular formula is C15H16N2O3S. The molecule has 0 spiro atoms. The summed E-state index contributed by atoms with van der Waals surface area (Å²) in [5.41, 5.74) is 1.54. The molecule has 2 rings (SSSR count). The molecule has 1 aromatic heterocycles. The predicted octanol–water partition coefficient (Wildman–Crippen LogP) is 3.13. The molecule has 0 saturated heterocycles. The first-order chi connectivity index (χ1) is 10.0. The zero-order valence-electron chi connectivity index (χ0n) is 11.8. The highest BCUT2D eigenvalue weighted by Crippen LogP contribution is 2.20. The second-order valence-electron chi connectivity index (χ2n) is 4.65. The molecule has 110 valence electrons. The molecular weight excluding hydrogens is 288 g/mol. The summed E-state index contributed by atoms with van der Waals surface area (Å²) in [6, 6.07) is 8.17. The van der Waals surface area contributed by atoms with E-state index in [9.17, 15) is 14.7 Å². The summed E-state index contributed by atoms with van der Waals surface area (Å²) in [6.07, 6.45) is 0. The molecule has 0 unspecified atom stereocenters. The molecule has 1 aromatic carbocycles. The number of urea groups is 1. The zero-order valence-corrected chi connectivity index (χ0v) is 12.6. The third-order valence-corrected chi connectivity index (χ3v) is 3.84. The number of carbonyl (C=O) groups excluding carboxylic acids is 1. The van der Waals surface area contributed by atoms with Crippen LogP contribution in [-0.2, 0) is 6.54 Å². The van der Waals surface area contributed by atoms with Crippen LogP contribution in [-0.4, -0.2) is 36.1 Å². The van der Waals surface area contributed by atoms with Gasteiger partial charge in [0.05, 0.1) is 11.3 Å². The second-order valence-corrected chi connectivity index (χ2v) is 5.43. The van der Waals surface area contributed by atoms with E-state index in [-0.39, 0.29) is 11.6 Å². The minimum atomic E-state index is -1.05. The Kier molecular flexibility index (Phi) is 4.59. The fourth-order valence-electron chi connectivity index (χ4n) is 2.03. The predicted molar refractivity (Wildman–Crippen MR) is 83.0 cm³/mol. The van der Waals surface area contributed by atoms with Gasteiger partial charge in [-0.05, 0) is 34.5 Å².